The largest absolute Gasteiger partial charge is 0.356 e. The van der Waals surface area contributed by atoms with Gasteiger partial charge < -0.3 is 10.2 Å². The zero-order chi connectivity index (χ0) is 27.5. The van der Waals surface area contributed by atoms with Gasteiger partial charge in [0.25, 0.3) is 0 Å². The summed E-state index contributed by atoms with van der Waals surface area (Å²) >= 11 is 0. The number of hydrogen-bond donors (Lipinski definition) is 1. The fraction of sp³-hybridized carbons (Fsp3) is 0.667. The van der Waals surface area contributed by atoms with E-state index in [-0.39, 0.29) is 5.41 Å². The molecule has 1 atom stereocenters. The van der Waals surface area contributed by atoms with Gasteiger partial charge in [-0.15, -0.1) is 0 Å². The molecular weight excluding hydrogens is 508 g/mol. The molecule has 2 aromatic rings. The average molecular weight is 555 g/mol. The summed E-state index contributed by atoms with van der Waals surface area (Å²) in [6.45, 7) is 11.7. The third-order valence-corrected chi connectivity index (χ3v) is 10.6. The highest BCUT2D eigenvalue weighted by atomic mass is 32.2. The van der Waals surface area contributed by atoms with Crippen LogP contribution < -0.4 is 10.2 Å². The molecule has 3 aliphatic heterocycles. The lowest BCUT2D eigenvalue weighted by Gasteiger charge is -2.42. The smallest absolute Gasteiger partial charge is 0.243 e. The van der Waals surface area contributed by atoms with Crippen LogP contribution in [0, 0.1) is 0 Å². The number of hydrogen-bond acceptors (Lipinski definition) is 7. The second-order valence-corrected chi connectivity index (χ2v) is 14.5. The molecule has 0 spiro atoms. The van der Waals surface area contributed by atoms with E-state index in [4.69, 9.17) is 4.98 Å². The van der Waals surface area contributed by atoms with Crippen molar-refractivity contribution in [3.63, 3.8) is 0 Å². The molecule has 0 amide bonds. The number of sulfonamides is 1. The van der Waals surface area contributed by atoms with Crippen molar-refractivity contribution in [2.24, 2.45) is 0 Å². The molecule has 0 aliphatic carbocycles. The maximum absolute atomic E-state index is 13.3. The van der Waals surface area contributed by atoms with Crippen LogP contribution in [-0.4, -0.2) is 78.9 Å². The third-order valence-electron chi connectivity index (χ3n) is 8.65. The number of anilines is 2. The Hall–Kier alpha value is -2.23. The van der Waals surface area contributed by atoms with E-state index in [2.05, 4.69) is 40.9 Å². The second kappa shape index (κ2) is 12.1. The summed E-state index contributed by atoms with van der Waals surface area (Å²) in [5.74, 6) is 1.76. The molecule has 3 fully saturated rings. The van der Waals surface area contributed by atoms with Crippen molar-refractivity contribution < 1.29 is 8.42 Å². The standard InChI is InChI=1S/C30H46N6O2S/c1-30(2,3)24-10-12-27(13-11-24)39(37,38)36-21-15-26(16-22-36)35-20-8-9-25(23-35)32-29-31-17-14-28(33-29)34-18-6-4-5-7-19-34/h10-14,17,25-26H,4-9,15-16,18-23H2,1-3H3,(H,31,32,33). The zero-order valence-electron chi connectivity index (χ0n) is 24.0. The van der Waals surface area contributed by atoms with Crippen LogP contribution in [0.15, 0.2) is 41.4 Å². The Kier molecular flexibility index (Phi) is 8.79. The van der Waals surface area contributed by atoms with E-state index < -0.39 is 10.0 Å². The van der Waals surface area contributed by atoms with E-state index in [1.54, 1.807) is 16.4 Å². The number of nitrogens with zero attached hydrogens (tertiary/aromatic N) is 5. The number of aromatic nitrogens is 2. The predicted molar refractivity (Wildman–Crippen MR) is 158 cm³/mol. The minimum absolute atomic E-state index is 0.00344. The van der Waals surface area contributed by atoms with Crippen LogP contribution in [0.5, 0.6) is 0 Å². The molecule has 4 heterocycles. The second-order valence-electron chi connectivity index (χ2n) is 12.5. The van der Waals surface area contributed by atoms with E-state index in [0.29, 0.717) is 30.1 Å². The lowest BCUT2D eigenvalue weighted by Crippen LogP contribution is -2.51. The summed E-state index contributed by atoms with van der Waals surface area (Å²) in [4.78, 5) is 14.8. The number of nitrogens with one attached hydrogen (secondary N) is 1. The lowest BCUT2D eigenvalue weighted by atomic mass is 9.87. The van der Waals surface area contributed by atoms with Gasteiger partial charge in [-0.3, -0.25) is 4.90 Å². The maximum Gasteiger partial charge on any atom is 0.243 e. The number of benzene rings is 1. The van der Waals surface area contributed by atoms with Crippen molar-refractivity contribution in [2.45, 2.75) is 94.5 Å². The van der Waals surface area contributed by atoms with Gasteiger partial charge in [0, 0.05) is 51.0 Å². The van der Waals surface area contributed by atoms with Crippen LogP contribution in [0.4, 0.5) is 11.8 Å². The fourth-order valence-electron chi connectivity index (χ4n) is 6.26. The highest BCUT2D eigenvalue weighted by Gasteiger charge is 2.34. The molecule has 1 N–H and O–H groups in total. The minimum atomic E-state index is -3.46. The first-order valence-electron chi connectivity index (χ1n) is 14.9. The Bertz CT molecular complexity index is 1180. The average Bonchev–Trinajstić information content (AvgIpc) is 3.23. The summed E-state index contributed by atoms with van der Waals surface area (Å²) in [5, 5.41) is 3.62. The van der Waals surface area contributed by atoms with E-state index in [9.17, 15) is 8.42 Å². The Morgan fingerprint density at radius 2 is 1.54 bits per heavy atom. The van der Waals surface area contributed by atoms with Crippen molar-refractivity contribution in [1.29, 1.82) is 0 Å². The summed E-state index contributed by atoms with van der Waals surface area (Å²) in [6, 6.07) is 10.2. The Labute approximate surface area is 235 Å². The fourth-order valence-corrected chi connectivity index (χ4v) is 7.73. The highest BCUT2D eigenvalue weighted by molar-refractivity contribution is 7.89. The Morgan fingerprint density at radius 1 is 0.846 bits per heavy atom. The first kappa shape index (κ1) is 28.3. The van der Waals surface area contributed by atoms with Crippen molar-refractivity contribution in [3.05, 3.63) is 42.1 Å². The molecular formula is C30H46N6O2S. The van der Waals surface area contributed by atoms with Crippen molar-refractivity contribution in [2.75, 3.05) is 49.5 Å². The van der Waals surface area contributed by atoms with Gasteiger partial charge in [-0.2, -0.15) is 9.29 Å². The molecule has 8 nitrogen and oxygen atoms in total. The first-order chi connectivity index (χ1) is 18.7. The number of likely N-dealkylation sites (tertiary alicyclic amines) is 1. The van der Waals surface area contributed by atoms with Gasteiger partial charge in [-0.05, 0) is 74.2 Å². The van der Waals surface area contributed by atoms with Gasteiger partial charge in [0.15, 0.2) is 0 Å². The third kappa shape index (κ3) is 6.92. The highest BCUT2D eigenvalue weighted by Crippen LogP contribution is 2.28. The number of rotatable bonds is 6. The minimum Gasteiger partial charge on any atom is -0.356 e. The molecule has 1 unspecified atom stereocenters. The maximum atomic E-state index is 13.3. The molecule has 5 rings (SSSR count). The SMILES string of the molecule is CC(C)(C)c1ccc(S(=O)(=O)N2CCC(N3CCCC(Nc4nccc(N5CCCCCC5)n4)C3)CC2)cc1. The van der Waals surface area contributed by atoms with Gasteiger partial charge in [0.05, 0.1) is 4.90 Å². The first-order valence-corrected chi connectivity index (χ1v) is 16.3. The van der Waals surface area contributed by atoms with Crippen LogP contribution in [0.1, 0.15) is 77.7 Å². The topological polar surface area (TPSA) is 81.7 Å². The monoisotopic (exact) mass is 554 g/mol. The molecule has 3 aliphatic rings. The van der Waals surface area contributed by atoms with Gasteiger partial charge in [-0.1, -0.05) is 45.7 Å². The van der Waals surface area contributed by atoms with Gasteiger partial charge in [-0.25, -0.2) is 13.4 Å². The Morgan fingerprint density at radius 3 is 2.21 bits per heavy atom. The predicted octanol–water partition coefficient (Wildman–Crippen LogP) is 4.88. The zero-order valence-corrected chi connectivity index (χ0v) is 24.8. The van der Waals surface area contributed by atoms with Crippen molar-refractivity contribution in [1.82, 2.24) is 19.2 Å². The molecule has 0 radical (unpaired) electrons. The Balaban J connectivity index is 1.15. The van der Waals surface area contributed by atoms with Crippen LogP contribution in [0.25, 0.3) is 0 Å². The van der Waals surface area contributed by atoms with Crippen LogP contribution in [0.3, 0.4) is 0 Å². The van der Waals surface area contributed by atoms with Crippen molar-refractivity contribution in [3.8, 4) is 0 Å². The summed E-state index contributed by atoms with van der Waals surface area (Å²) in [7, 11) is -3.46. The molecule has 1 aromatic heterocycles. The summed E-state index contributed by atoms with van der Waals surface area (Å²) in [5.41, 5.74) is 1.15. The summed E-state index contributed by atoms with van der Waals surface area (Å²) < 4.78 is 28.3. The van der Waals surface area contributed by atoms with E-state index in [0.717, 1.165) is 69.2 Å². The van der Waals surface area contributed by atoms with Crippen LogP contribution in [-0.2, 0) is 15.4 Å². The molecule has 3 saturated heterocycles. The molecule has 39 heavy (non-hydrogen) atoms. The van der Waals surface area contributed by atoms with Gasteiger partial charge >= 0.3 is 0 Å². The normalized spacial score (nSPS) is 22.9. The van der Waals surface area contributed by atoms with Crippen LogP contribution >= 0.6 is 0 Å². The number of piperidine rings is 2. The van der Waals surface area contributed by atoms with Crippen molar-refractivity contribution >= 4 is 21.8 Å². The van der Waals surface area contributed by atoms with Gasteiger partial charge in [0.2, 0.25) is 16.0 Å². The quantitative estimate of drug-likeness (QED) is 0.545. The summed E-state index contributed by atoms with van der Waals surface area (Å²) in [6.07, 6.45) is 10.9. The van der Waals surface area contributed by atoms with E-state index >= 15 is 0 Å². The molecule has 0 bridgehead atoms. The molecule has 214 valence electrons. The van der Waals surface area contributed by atoms with E-state index in [1.807, 2.05) is 24.4 Å². The van der Waals surface area contributed by atoms with Crippen LogP contribution in [0.2, 0.25) is 0 Å². The molecule has 9 heteroatoms. The van der Waals surface area contributed by atoms with E-state index in [1.165, 1.54) is 25.7 Å². The van der Waals surface area contributed by atoms with Gasteiger partial charge in [0.1, 0.15) is 5.82 Å². The molecule has 0 saturated carbocycles. The lowest BCUT2D eigenvalue weighted by molar-refractivity contribution is 0.112. The molecule has 1 aromatic carbocycles.